The number of hydrogen-bond acceptors (Lipinski definition) is 1. The molecule has 0 saturated carbocycles. The van der Waals surface area contributed by atoms with Gasteiger partial charge in [-0.25, -0.2) is 0 Å². The van der Waals surface area contributed by atoms with E-state index in [1.807, 2.05) is 26.0 Å². The Morgan fingerprint density at radius 2 is 2.11 bits per heavy atom. The summed E-state index contributed by atoms with van der Waals surface area (Å²) in [6.45, 7) is 7.83. The average molecular weight is 126 g/mol. The van der Waals surface area contributed by atoms with Crippen LogP contribution in [0.4, 0.5) is 0 Å². The lowest BCUT2D eigenvalue weighted by Gasteiger charge is -2.12. The second-order valence-electron chi connectivity index (χ2n) is 2.61. The minimum atomic E-state index is 0.0166. The van der Waals surface area contributed by atoms with Gasteiger partial charge in [0.1, 0.15) is 0 Å². The first-order valence-corrected chi connectivity index (χ1v) is 3.04. The Kier molecular flexibility index (Phi) is 3.25. The SMILES string of the molecule is C=CC(C)(C)/C=C/CO. The lowest BCUT2D eigenvalue weighted by molar-refractivity contribution is 0.341. The van der Waals surface area contributed by atoms with Gasteiger partial charge in [-0.1, -0.05) is 32.1 Å². The molecule has 0 rings (SSSR count). The second-order valence-corrected chi connectivity index (χ2v) is 2.61. The van der Waals surface area contributed by atoms with Crippen LogP contribution in [0.25, 0.3) is 0 Å². The van der Waals surface area contributed by atoms with Crippen LogP contribution in [0, 0.1) is 5.41 Å². The normalized spacial score (nSPS) is 12.3. The summed E-state index contributed by atoms with van der Waals surface area (Å²) in [7, 11) is 0. The lowest BCUT2D eigenvalue weighted by atomic mass is 9.94. The largest absolute Gasteiger partial charge is 0.392 e. The third kappa shape index (κ3) is 3.98. The fraction of sp³-hybridized carbons (Fsp3) is 0.500. The molecule has 0 radical (unpaired) electrons. The molecular formula is C8H14O. The first kappa shape index (κ1) is 8.44. The molecule has 0 heterocycles. The summed E-state index contributed by atoms with van der Waals surface area (Å²) in [5.41, 5.74) is 0.0166. The summed E-state index contributed by atoms with van der Waals surface area (Å²) in [6.07, 6.45) is 5.50. The van der Waals surface area contributed by atoms with Crippen LogP contribution < -0.4 is 0 Å². The molecule has 0 bridgehead atoms. The summed E-state index contributed by atoms with van der Waals surface area (Å²) in [4.78, 5) is 0. The average Bonchev–Trinajstić information content (AvgIpc) is 1.84. The zero-order valence-corrected chi connectivity index (χ0v) is 6.09. The Bertz CT molecular complexity index is 112. The topological polar surface area (TPSA) is 20.2 Å². The molecule has 0 atom stereocenters. The van der Waals surface area contributed by atoms with Gasteiger partial charge in [0.15, 0.2) is 0 Å². The van der Waals surface area contributed by atoms with Crippen LogP contribution in [-0.4, -0.2) is 11.7 Å². The van der Waals surface area contributed by atoms with E-state index in [1.54, 1.807) is 6.08 Å². The zero-order chi connectivity index (χ0) is 7.33. The summed E-state index contributed by atoms with van der Waals surface area (Å²) >= 11 is 0. The van der Waals surface area contributed by atoms with Crippen LogP contribution in [0.3, 0.4) is 0 Å². The van der Waals surface area contributed by atoms with Gasteiger partial charge in [0.25, 0.3) is 0 Å². The van der Waals surface area contributed by atoms with Crippen molar-refractivity contribution in [3.63, 3.8) is 0 Å². The van der Waals surface area contributed by atoms with E-state index in [0.29, 0.717) is 0 Å². The van der Waals surface area contributed by atoms with Crippen molar-refractivity contribution >= 4 is 0 Å². The molecule has 0 aromatic rings. The first-order valence-electron chi connectivity index (χ1n) is 3.04. The second kappa shape index (κ2) is 3.46. The molecule has 0 aliphatic rings. The van der Waals surface area contributed by atoms with Crippen LogP contribution in [0.15, 0.2) is 24.8 Å². The molecule has 52 valence electrons. The van der Waals surface area contributed by atoms with Crippen LogP contribution in [0.2, 0.25) is 0 Å². The molecule has 0 unspecified atom stereocenters. The van der Waals surface area contributed by atoms with Crippen molar-refractivity contribution in [3.05, 3.63) is 24.8 Å². The van der Waals surface area contributed by atoms with Gasteiger partial charge in [0.2, 0.25) is 0 Å². The van der Waals surface area contributed by atoms with Crippen molar-refractivity contribution in [2.45, 2.75) is 13.8 Å². The van der Waals surface area contributed by atoms with Crippen molar-refractivity contribution in [3.8, 4) is 0 Å². The standard InChI is InChI=1S/C8H14O/c1-4-8(2,3)6-5-7-9/h4-6,9H,1,7H2,2-3H3/b6-5+. The predicted octanol–water partition coefficient (Wildman–Crippen LogP) is 1.75. The fourth-order valence-corrected chi connectivity index (χ4v) is 0.424. The molecule has 0 saturated heterocycles. The molecule has 0 aromatic carbocycles. The molecule has 0 aliphatic carbocycles. The molecule has 0 spiro atoms. The summed E-state index contributed by atoms with van der Waals surface area (Å²) < 4.78 is 0. The van der Waals surface area contributed by atoms with E-state index in [4.69, 9.17) is 5.11 Å². The van der Waals surface area contributed by atoms with E-state index in [0.717, 1.165) is 0 Å². The number of aliphatic hydroxyl groups is 1. The van der Waals surface area contributed by atoms with Crippen molar-refractivity contribution in [1.29, 1.82) is 0 Å². The summed E-state index contributed by atoms with van der Waals surface area (Å²) in [5.74, 6) is 0. The van der Waals surface area contributed by atoms with Gasteiger partial charge in [-0.05, 0) is 0 Å². The van der Waals surface area contributed by atoms with E-state index in [1.165, 1.54) is 0 Å². The molecule has 9 heavy (non-hydrogen) atoms. The molecular weight excluding hydrogens is 112 g/mol. The fourth-order valence-electron chi connectivity index (χ4n) is 0.424. The van der Waals surface area contributed by atoms with Crippen molar-refractivity contribution in [2.24, 2.45) is 5.41 Å². The Balaban J connectivity index is 3.84. The highest BCUT2D eigenvalue weighted by Crippen LogP contribution is 2.16. The minimum Gasteiger partial charge on any atom is -0.392 e. The number of hydrogen-bond donors (Lipinski definition) is 1. The number of aliphatic hydroxyl groups excluding tert-OH is 1. The Labute approximate surface area is 56.7 Å². The van der Waals surface area contributed by atoms with Gasteiger partial charge < -0.3 is 5.11 Å². The quantitative estimate of drug-likeness (QED) is 0.571. The van der Waals surface area contributed by atoms with E-state index in [-0.39, 0.29) is 12.0 Å². The zero-order valence-electron chi connectivity index (χ0n) is 6.09. The highest BCUT2D eigenvalue weighted by molar-refractivity contribution is 5.04. The van der Waals surface area contributed by atoms with Gasteiger partial charge in [-0.2, -0.15) is 0 Å². The Hall–Kier alpha value is -0.560. The molecule has 1 nitrogen and oxygen atoms in total. The van der Waals surface area contributed by atoms with Crippen LogP contribution in [0.1, 0.15) is 13.8 Å². The summed E-state index contributed by atoms with van der Waals surface area (Å²) in [5, 5.41) is 8.40. The smallest absolute Gasteiger partial charge is 0.0612 e. The predicted molar refractivity (Wildman–Crippen MR) is 40.2 cm³/mol. The minimum absolute atomic E-state index is 0.0166. The van der Waals surface area contributed by atoms with E-state index >= 15 is 0 Å². The van der Waals surface area contributed by atoms with Crippen LogP contribution >= 0.6 is 0 Å². The number of rotatable bonds is 3. The van der Waals surface area contributed by atoms with Crippen molar-refractivity contribution in [1.82, 2.24) is 0 Å². The first-order chi connectivity index (χ1) is 4.12. The van der Waals surface area contributed by atoms with E-state index in [9.17, 15) is 0 Å². The van der Waals surface area contributed by atoms with Crippen molar-refractivity contribution < 1.29 is 5.11 Å². The van der Waals surface area contributed by atoms with Gasteiger partial charge in [0.05, 0.1) is 6.61 Å². The Morgan fingerprint density at radius 1 is 1.56 bits per heavy atom. The Morgan fingerprint density at radius 3 is 2.44 bits per heavy atom. The highest BCUT2D eigenvalue weighted by atomic mass is 16.2. The molecule has 0 amide bonds. The van der Waals surface area contributed by atoms with E-state index < -0.39 is 0 Å². The van der Waals surface area contributed by atoms with Gasteiger partial charge in [0, 0.05) is 5.41 Å². The van der Waals surface area contributed by atoms with Gasteiger partial charge >= 0.3 is 0 Å². The molecule has 1 N–H and O–H groups in total. The maximum absolute atomic E-state index is 8.40. The van der Waals surface area contributed by atoms with E-state index in [2.05, 4.69) is 6.58 Å². The maximum Gasteiger partial charge on any atom is 0.0612 e. The molecule has 0 fully saturated rings. The van der Waals surface area contributed by atoms with Crippen molar-refractivity contribution in [2.75, 3.05) is 6.61 Å². The monoisotopic (exact) mass is 126 g/mol. The lowest BCUT2D eigenvalue weighted by Crippen LogP contribution is -2.01. The van der Waals surface area contributed by atoms with Crippen LogP contribution in [0.5, 0.6) is 0 Å². The third-order valence-electron chi connectivity index (χ3n) is 1.18. The molecule has 0 aromatic heterocycles. The maximum atomic E-state index is 8.40. The highest BCUT2D eigenvalue weighted by Gasteiger charge is 2.05. The van der Waals surface area contributed by atoms with Gasteiger partial charge in [-0.3, -0.25) is 0 Å². The van der Waals surface area contributed by atoms with Gasteiger partial charge in [-0.15, -0.1) is 6.58 Å². The molecule has 0 aliphatic heterocycles. The number of allylic oxidation sites excluding steroid dienone is 2. The third-order valence-corrected chi connectivity index (χ3v) is 1.18. The molecule has 1 heteroatoms. The summed E-state index contributed by atoms with van der Waals surface area (Å²) in [6, 6.07) is 0. The van der Waals surface area contributed by atoms with Crippen LogP contribution in [-0.2, 0) is 0 Å².